The van der Waals surface area contributed by atoms with Crippen LogP contribution in [0.1, 0.15) is 16.7 Å². The van der Waals surface area contributed by atoms with Gasteiger partial charge in [-0.2, -0.15) is 0 Å². The van der Waals surface area contributed by atoms with Crippen LogP contribution in [-0.2, 0) is 11.3 Å². The Labute approximate surface area is 168 Å². The van der Waals surface area contributed by atoms with Crippen molar-refractivity contribution in [3.8, 4) is 11.5 Å². The summed E-state index contributed by atoms with van der Waals surface area (Å²) in [4.78, 5) is 26.8. The highest BCUT2D eigenvalue weighted by Crippen LogP contribution is 2.37. The molecule has 0 bridgehead atoms. The van der Waals surface area contributed by atoms with E-state index in [1.165, 1.54) is 4.90 Å². The molecule has 1 aliphatic heterocycles. The third-order valence-corrected chi connectivity index (χ3v) is 5.07. The summed E-state index contributed by atoms with van der Waals surface area (Å²) in [7, 11) is 1.55. The van der Waals surface area contributed by atoms with Gasteiger partial charge < -0.3 is 9.47 Å². The van der Waals surface area contributed by atoms with Crippen LogP contribution in [0, 0.1) is 6.92 Å². The molecule has 3 rings (SSSR count). The van der Waals surface area contributed by atoms with Crippen LogP contribution in [0.3, 0.4) is 0 Å². The van der Waals surface area contributed by atoms with E-state index in [1.807, 2.05) is 43.3 Å². The summed E-state index contributed by atoms with van der Waals surface area (Å²) >= 11 is 0.928. The second-order valence-corrected chi connectivity index (χ2v) is 7.23. The van der Waals surface area contributed by atoms with E-state index in [9.17, 15) is 9.59 Å². The van der Waals surface area contributed by atoms with Crippen molar-refractivity contribution in [1.82, 2.24) is 4.90 Å². The summed E-state index contributed by atoms with van der Waals surface area (Å²) in [5.74, 6) is 0.749. The van der Waals surface area contributed by atoms with Gasteiger partial charge in [-0.15, -0.1) is 0 Å². The van der Waals surface area contributed by atoms with Crippen molar-refractivity contribution in [2.75, 3.05) is 13.7 Å². The van der Waals surface area contributed by atoms with Crippen LogP contribution in [-0.4, -0.2) is 29.8 Å². The molecule has 144 valence electrons. The van der Waals surface area contributed by atoms with Crippen LogP contribution in [0.25, 0.3) is 6.08 Å². The fourth-order valence-corrected chi connectivity index (χ4v) is 3.70. The number of aryl methyl sites for hydroxylation is 1. The van der Waals surface area contributed by atoms with Crippen LogP contribution >= 0.6 is 11.8 Å². The zero-order chi connectivity index (χ0) is 20.1. The molecule has 0 aliphatic carbocycles. The highest BCUT2D eigenvalue weighted by atomic mass is 32.2. The Hall–Kier alpha value is -2.99. The first-order chi connectivity index (χ1) is 13.5. The quantitative estimate of drug-likeness (QED) is 0.498. The van der Waals surface area contributed by atoms with Crippen LogP contribution in [0.2, 0.25) is 0 Å². The van der Waals surface area contributed by atoms with Gasteiger partial charge in [0.25, 0.3) is 11.1 Å². The number of carbonyl (C=O) groups is 2. The zero-order valence-electron chi connectivity index (χ0n) is 15.8. The SMILES string of the molecule is C=CCOc1c(/C=C2\SC(=O)N(Cc3cccc(C)c3)C2=O)cccc1OC. The maximum atomic E-state index is 12.8. The Morgan fingerprint density at radius 1 is 1.18 bits per heavy atom. The predicted molar refractivity (Wildman–Crippen MR) is 111 cm³/mol. The van der Waals surface area contributed by atoms with Gasteiger partial charge >= 0.3 is 0 Å². The molecule has 2 aromatic carbocycles. The molecule has 2 amide bonds. The maximum absolute atomic E-state index is 12.8. The number of methoxy groups -OCH3 is 1. The summed E-state index contributed by atoms with van der Waals surface area (Å²) in [6, 6.07) is 13.2. The average molecular weight is 395 g/mol. The smallest absolute Gasteiger partial charge is 0.293 e. The molecule has 0 saturated carbocycles. The number of ether oxygens (including phenoxy) is 2. The second-order valence-electron chi connectivity index (χ2n) is 6.24. The van der Waals surface area contributed by atoms with E-state index in [2.05, 4.69) is 6.58 Å². The van der Waals surface area contributed by atoms with Crippen molar-refractivity contribution in [1.29, 1.82) is 0 Å². The summed E-state index contributed by atoms with van der Waals surface area (Å²) in [5, 5.41) is -0.283. The van der Waals surface area contributed by atoms with Crippen LogP contribution in [0.4, 0.5) is 4.79 Å². The molecule has 28 heavy (non-hydrogen) atoms. The molecule has 0 radical (unpaired) electrons. The van der Waals surface area contributed by atoms with Gasteiger partial charge in [0.2, 0.25) is 0 Å². The number of imide groups is 1. The minimum Gasteiger partial charge on any atom is -0.493 e. The number of thioether (sulfide) groups is 1. The van der Waals surface area contributed by atoms with E-state index in [1.54, 1.807) is 25.3 Å². The number of amides is 2. The van der Waals surface area contributed by atoms with Gasteiger partial charge in [-0.3, -0.25) is 14.5 Å². The zero-order valence-corrected chi connectivity index (χ0v) is 16.6. The summed E-state index contributed by atoms with van der Waals surface area (Å²) < 4.78 is 11.1. The number of para-hydroxylation sites is 1. The molecule has 0 N–H and O–H groups in total. The fraction of sp³-hybridized carbons (Fsp3) is 0.182. The van der Waals surface area contributed by atoms with E-state index in [-0.39, 0.29) is 17.7 Å². The first-order valence-corrected chi connectivity index (χ1v) is 9.56. The lowest BCUT2D eigenvalue weighted by molar-refractivity contribution is -0.123. The molecule has 0 unspecified atom stereocenters. The molecule has 0 spiro atoms. The largest absolute Gasteiger partial charge is 0.493 e. The lowest BCUT2D eigenvalue weighted by Crippen LogP contribution is -2.27. The van der Waals surface area contributed by atoms with Gasteiger partial charge in [0.1, 0.15) is 6.61 Å². The summed E-state index contributed by atoms with van der Waals surface area (Å²) in [6.07, 6.45) is 3.30. The molecule has 1 saturated heterocycles. The molecule has 6 heteroatoms. The minimum atomic E-state index is -0.311. The maximum Gasteiger partial charge on any atom is 0.293 e. The van der Waals surface area contributed by atoms with Crippen molar-refractivity contribution in [3.05, 3.63) is 76.7 Å². The Kier molecular flexibility index (Phi) is 6.21. The number of carbonyl (C=O) groups excluding carboxylic acids is 2. The first kappa shape index (κ1) is 19.8. The fourth-order valence-electron chi connectivity index (χ4n) is 2.87. The molecule has 2 aromatic rings. The average Bonchev–Trinajstić information content (AvgIpc) is 2.94. The number of hydrogen-bond acceptors (Lipinski definition) is 5. The minimum absolute atomic E-state index is 0.252. The van der Waals surface area contributed by atoms with Gasteiger partial charge in [0.05, 0.1) is 18.6 Å². The lowest BCUT2D eigenvalue weighted by Gasteiger charge is -2.13. The molecule has 1 aliphatic rings. The lowest BCUT2D eigenvalue weighted by atomic mass is 10.1. The van der Waals surface area contributed by atoms with Crippen LogP contribution in [0.15, 0.2) is 60.0 Å². The first-order valence-electron chi connectivity index (χ1n) is 8.75. The van der Waals surface area contributed by atoms with Gasteiger partial charge in [0.15, 0.2) is 11.5 Å². The van der Waals surface area contributed by atoms with Gasteiger partial charge in [-0.05, 0) is 36.4 Å². The third-order valence-electron chi connectivity index (χ3n) is 4.16. The van der Waals surface area contributed by atoms with Crippen molar-refractivity contribution < 1.29 is 19.1 Å². The topological polar surface area (TPSA) is 55.8 Å². The summed E-state index contributed by atoms with van der Waals surface area (Å²) in [5.41, 5.74) is 2.67. The van der Waals surface area contributed by atoms with Crippen molar-refractivity contribution in [3.63, 3.8) is 0 Å². The Morgan fingerprint density at radius 2 is 1.96 bits per heavy atom. The van der Waals surface area contributed by atoms with Gasteiger partial charge in [-0.1, -0.05) is 54.6 Å². The Morgan fingerprint density at radius 3 is 2.68 bits per heavy atom. The number of benzene rings is 2. The molecule has 5 nitrogen and oxygen atoms in total. The Balaban J connectivity index is 1.88. The molecule has 0 atom stereocenters. The highest BCUT2D eigenvalue weighted by Gasteiger charge is 2.35. The second kappa shape index (κ2) is 8.80. The molecule has 0 aromatic heterocycles. The summed E-state index contributed by atoms with van der Waals surface area (Å²) in [6.45, 7) is 6.18. The van der Waals surface area contributed by atoms with E-state index in [4.69, 9.17) is 9.47 Å². The van der Waals surface area contributed by atoms with Crippen LogP contribution < -0.4 is 9.47 Å². The van der Waals surface area contributed by atoms with Crippen molar-refractivity contribution in [2.45, 2.75) is 13.5 Å². The number of rotatable bonds is 7. The molecular weight excluding hydrogens is 374 g/mol. The standard InChI is InChI=1S/C22H21NO4S/c1-4-11-27-20-17(9-6-10-18(20)26-3)13-19-21(24)23(22(25)28-19)14-16-8-5-7-15(2)12-16/h4-10,12-13H,1,11,14H2,2-3H3/b19-13-. The van der Waals surface area contributed by atoms with E-state index >= 15 is 0 Å². The monoisotopic (exact) mass is 395 g/mol. The Bertz CT molecular complexity index is 951. The van der Waals surface area contributed by atoms with E-state index < -0.39 is 0 Å². The molecule has 1 heterocycles. The van der Waals surface area contributed by atoms with E-state index in [0.717, 1.165) is 22.9 Å². The third kappa shape index (κ3) is 4.28. The van der Waals surface area contributed by atoms with Crippen LogP contribution in [0.5, 0.6) is 11.5 Å². The van der Waals surface area contributed by atoms with Gasteiger partial charge in [0, 0.05) is 5.56 Å². The van der Waals surface area contributed by atoms with E-state index in [0.29, 0.717) is 28.6 Å². The molecule has 1 fully saturated rings. The number of nitrogens with zero attached hydrogens (tertiary/aromatic N) is 1. The molecular formula is C22H21NO4S. The number of hydrogen-bond donors (Lipinski definition) is 0. The highest BCUT2D eigenvalue weighted by molar-refractivity contribution is 8.18. The van der Waals surface area contributed by atoms with Crippen molar-refractivity contribution >= 4 is 29.0 Å². The van der Waals surface area contributed by atoms with Crippen molar-refractivity contribution in [2.24, 2.45) is 0 Å². The van der Waals surface area contributed by atoms with Gasteiger partial charge in [-0.25, -0.2) is 0 Å². The predicted octanol–water partition coefficient (Wildman–Crippen LogP) is 4.80. The normalized spacial score (nSPS) is 15.2.